The third kappa shape index (κ3) is 4.36. The van der Waals surface area contributed by atoms with Crippen molar-refractivity contribution in [3.63, 3.8) is 0 Å². The lowest BCUT2D eigenvalue weighted by molar-refractivity contribution is -0.130. The predicted molar refractivity (Wildman–Crippen MR) is 121 cm³/mol. The molecule has 1 saturated heterocycles. The number of aliphatic hydroxyl groups excluding tert-OH is 1. The third-order valence-corrected chi connectivity index (χ3v) is 7.96. The van der Waals surface area contributed by atoms with Crippen molar-refractivity contribution in [2.75, 3.05) is 13.1 Å². The van der Waals surface area contributed by atoms with Gasteiger partial charge in [0.15, 0.2) is 6.10 Å². The van der Waals surface area contributed by atoms with E-state index in [4.69, 9.17) is 0 Å². The second kappa shape index (κ2) is 8.66. The highest BCUT2D eigenvalue weighted by atomic mass is 79.9. The van der Waals surface area contributed by atoms with Crippen molar-refractivity contribution in [1.82, 2.24) is 14.6 Å². The van der Waals surface area contributed by atoms with Gasteiger partial charge in [-0.15, -0.1) is 0 Å². The van der Waals surface area contributed by atoms with Crippen LogP contribution in [0.1, 0.15) is 23.7 Å². The van der Waals surface area contributed by atoms with E-state index in [0.29, 0.717) is 17.4 Å². The molecular weight excluding hydrogens is 482 g/mol. The van der Waals surface area contributed by atoms with Crippen LogP contribution in [0.5, 0.6) is 0 Å². The molecule has 162 valence electrons. The zero-order valence-electron chi connectivity index (χ0n) is 16.8. The fourth-order valence-electron chi connectivity index (χ4n) is 3.82. The average Bonchev–Trinajstić information content (AvgIpc) is 3.23. The number of benzene rings is 2. The molecule has 1 aromatic heterocycles. The van der Waals surface area contributed by atoms with Crippen LogP contribution in [0.25, 0.3) is 10.8 Å². The van der Waals surface area contributed by atoms with E-state index >= 15 is 0 Å². The lowest BCUT2D eigenvalue weighted by Crippen LogP contribution is -2.40. The Labute approximate surface area is 189 Å². The molecule has 31 heavy (non-hydrogen) atoms. The van der Waals surface area contributed by atoms with Crippen LogP contribution in [0.2, 0.25) is 0 Å². The maximum absolute atomic E-state index is 13.3. The van der Waals surface area contributed by atoms with Crippen LogP contribution in [0.15, 0.2) is 64.2 Å². The van der Waals surface area contributed by atoms with Gasteiger partial charge in [-0.3, -0.25) is 9.78 Å². The van der Waals surface area contributed by atoms with Crippen molar-refractivity contribution < 1.29 is 18.3 Å². The highest BCUT2D eigenvalue weighted by Crippen LogP contribution is 2.29. The van der Waals surface area contributed by atoms with Gasteiger partial charge in [0.2, 0.25) is 10.0 Å². The van der Waals surface area contributed by atoms with Gasteiger partial charge < -0.3 is 10.4 Å². The Balaban J connectivity index is 1.49. The van der Waals surface area contributed by atoms with Gasteiger partial charge in [-0.2, -0.15) is 4.31 Å². The SMILES string of the molecule is Cc1cncc2c(S(=O)(=O)N3CC[C@H](NC(=O)C(O)c4ccc(Br)cc4)C3)cccc12. The van der Waals surface area contributed by atoms with Crippen molar-refractivity contribution in [3.8, 4) is 0 Å². The number of nitrogens with zero attached hydrogens (tertiary/aromatic N) is 2. The van der Waals surface area contributed by atoms with Crippen LogP contribution in [0.4, 0.5) is 0 Å². The van der Waals surface area contributed by atoms with E-state index in [1.165, 1.54) is 4.31 Å². The number of hydrogen-bond acceptors (Lipinski definition) is 5. The molecular formula is C22H22BrN3O4S. The molecule has 4 rings (SSSR count). The van der Waals surface area contributed by atoms with Crippen LogP contribution in [0.3, 0.4) is 0 Å². The summed E-state index contributed by atoms with van der Waals surface area (Å²) in [5, 5.41) is 14.5. The van der Waals surface area contributed by atoms with Gasteiger partial charge in [0.1, 0.15) is 0 Å². The van der Waals surface area contributed by atoms with E-state index in [2.05, 4.69) is 26.2 Å². The average molecular weight is 504 g/mol. The Morgan fingerprint density at radius 1 is 1.19 bits per heavy atom. The molecule has 0 bridgehead atoms. The van der Waals surface area contributed by atoms with Crippen LogP contribution >= 0.6 is 15.9 Å². The number of hydrogen-bond donors (Lipinski definition) is 2. The number of sulfonamides is 1. The monoisotopic (exact) mass is 503 g/mol. The molecule has 2 aromatic carbocycles. The summed E-state index contributed by atoms with van der Waals surface area (Å²) in [5.41, 5.74) is 1.38. The minimum atomic E-state index is -3.75. The van der Waals surface area contributed by atoms with Crippen molar-refractivity contribution in [3.05, 3.63) is 70.5 Å². The molecule has 2 N–H and O–H groups in total. The molecule has 9 heteroatoms. The van der Waals surface area contributed by atoms with Gasteiger partial charge in [-0.1, -0.05) is 40.2 Å². The zero-order chi connectivity index (χ0) is 22.2. The summed E-state index contributed by atoms with van der Waals surface area (Å²) in [5.74, 6) is -0.545. The van der Waals surface area contributed by atoms with E-state index in [9.17, 15) is 18.3 Å². The molecule has 7 nitrogen and oxygen atoms in total. The minimum Gasteiger partial charge on any atom is -0.378 e. The zero-order valence-corrected chi connectivity index (χ0v) is 19.2. The van der Waals surface area contributed by atoms with Crippen molar-refractivity contribution in [2.45, 2.75) is 30.4 Å². The summed E-state index contributed by atoms with van der Waals surface area (Å²) in [4.78, 5) is 16.8. The van der Waals surface area contributed by atoms with E-state index in [1.807, 2.05) is 13.0 Å². The van der Waals surface area contributed by atoms with E-state index in [-0.39, 0.29) is 24.0 Å². The van der Waals surface area contributed by atoms with Crippen LogP contribution < -0.4 is 5.32 Å². The number of rotatable bonds is 5. The van der Waals surface area contributed by atoms with Gasteiger partial charge in [0, 0.05) is 41.4 Å². The topological polar surface area (TPSA) is 99.6 Å². The first-order valence-corrected chi connectivity index (χ1v) is 12.1. The van der Waals surface area contributed by atoms with E-state index in [0.717, 1.165) is 15.4 Å². The minimum absolute atomic E-state index is 0.150. The predicted octanol–water partition coefficient (Wildman–Crippen LogP) is 2.92. The first kappa shape index (κ1) is 21.9. The van der Waals surface area contributed by atoms with Crippen LogP contribution in [-0.2, 0) is 14.8 Å². The molecule has 1 aliphatic heterocycles. The number of carbonyl (C=O) groups is 1. The van der Waals surface area contributed by atoms with Gasteiger partial charge in [0.25, 0.3) is 5.91 Å². The lowest BCUT2D eigenvalue weighted by atomic mass is 10.1. The van der Waals surface area contributed by atoms with Crippen molar-refractivity contribution in [2.24, 2.45) is 0 Å². The number of nitrogens with one attached hydrogen (secondary N) is 1. The maximum Gasteiger partial charge on any atom is 0.253 e. The lowest BCUT2D eigenvalue weighted by Gasteiger charge is -2.19. The maximum atomic E-state index is 13.3. The second-order valence-electron chi connectivity index (χ2n) is 7.62. The molecule has 1 aliphatic rings. The summed E-state index contributed by atoms with van der Waals surface area (Å²) in [7, 11) is -3.75. The molecule has 1 unspecified atom stereocenters. The summed E-state index contributed by atoms with van der Waals surface area (Å²) >= 11 is 3.32. The fourth-order valence-corrected chi connectivity index (χ4v) is 5.77. The van der Waals surface area contributed by atoms with Crippen molar-refractivity contribution in [1.29, 1.82) is 0 Å². The Kier molecular flexibility index (Phi) is 6.11. The summed E-state index contributed by atoms with van der Waals surface area (Å²) in [6.07, 6.45) is 2.43. The molecule has 0 radical (unpaired) electrons. The molecule has 3 aromatic rings. The second-order valence-corrected chi connectivity index (χ2v) is 10.4. The third-order valence-electron chi connectivity index (χ3n) is 5.51. The standard InChI is InChI=1S/C22H22BrN3O4S/c1-14-11-24-12-19-18(14)3-2-4-20(19)31(29,30)26-10-9-17(13-26)25-22(28)21(27)15-5-7-16(23)8-6-15/h2-8,11-12,17,21,27H,9-10,13H2,1H3,(H,25,28)/t17-,21?/m0/s1. The molecule has 0 aliphatic carbocycles. The number of amides is 1. The molecule has 0 spiro atoms. The first-order valence-electron chi connectivity index (χ1n) is 9.85. The van der Waals surface area contributed by atoms with Gasteiger partial charge in [-0.05, 0) is 48.1 Å². The van der Waals surface area contributed by atoms with Crippen LogP contribution in [-0.4, -0.2) is 47.9 Å². The van der Waals surface area contributed by atoms with Crippen LogP contribution in [0, 0.1) is 6.92 Å². The Hall–Kier alpha value is -2.33. The van der Waals surface area contributed by atoms with Gasteiger partial charge in [0.05, 0.1) is 4.90 Å². The van der Waals surface area contributed by atoms with Gasteiger partial charge in [-0.25, -0.2) is 8.42 Å². The molecule has 1 amide bonds. The molecule has 2 atom stereocenters. The molecule has 0 saturated carbocycles. The largest absolute Gasteiger partial charge is 0.378 e. The first-order chi connectivity index (χ1) is 14.8. The highest BCUT2D eigenvalue weighted by Gasteiger charge is 2.35. The number of aliphatic hydroxyl groups is 1. The summed E-state index contributed by atoms with van der Waals surface area (Å²) in [6, 6.07) is 11.6. The quantitative estimate of drug-likeness (QED) is 0.557. The van der Waals surface area contributed by atoms with Gasteiger partial charge >= 0.3 is 0 Å². The normalized spacial score (nSPS) is 18.2. The fraction of sp³-hybridized carbons (Fsp3) is 0.273. The summed E-state index contributed by atoms with van der Waals surface area (Å²) in [6.45, 7) is 2.33. The number of fused-ring (bicyclic) bond motifs is 1. The number of aryl methyl sites for hydroxylation is 1. The number of halogens is 1. The number of aromatic nitrogens is 1. The highest BCUT2D eigenvalue weighted by molar-refractivity contribution is 9.10. The van der Waals surface area contributed by atoms with E-state index in [1.54, 1.807) is 48.8 Å². The Bertz CT molecular complexity index is 1230. The summed E-state index contributed by atoms with van der Waals surface area (Å²) < 4.78 is 28.8. The number of pyridine rings is 1. The number of carbonyl (C=O) groups excluding carboxylic acids is 1. The Morgan fingerprint density at radius 3 is 2.68 bits per heavy atom. The molecule has 2 heterocycles. The Morgan fingerprint density at radius 2 is 1.94 bits per heavy atom. The smallest absolute Gasteiger partial charge is 0.253 e. The molecule has 1 fully saturated rings. The van der Waals surface area contributed by atoms with E-state index < -0.39 is 22.0 Å². The van der Waals surface area contributed by atoms with Crippen molar-refractivity contribution >= 4 is 42.6 Å².